The second-order valence-electron chi connectivity index (χ2n) is 4.62. The van der Waals surface area contributed by atoms with Gasteiger partial charge < -0.3 is 0 Å². The van der Waals surface area contributed by atoms with Gasteiger partial charge in [0.25, 0.3) is 0 Å². The van der Waals surface area contributed by atoms with Crippen molar-refractivity contribution in [1.29, 1.82) is 0 Å². The summed E-state index contributed by atoms with van der Waals surface area (Å²) in [6.07, 6.45) is 0. The average molecular weight is 174 g/mol. The first-order chi connectivity index (χ1) is 3.71. The first-order valence-corrected chi connectivity index (χ1v) is 13.5. The molecule has 0 nitrogen and oxygen atoms in total. The van der Waals surface area contributed by atoms with Gasteiger partial charge in [-0.15, -0.1) is 0 Å². The molecule has 0 N–H and O–H groups in total. The number of hydrogen-bond donors (Lipinski definition) is 0. The van der Waals surface area contributed by atoms with Gasteiger partial charge in [0, 0.05) is 23.7 Å². The van der Waals surface area contributed by atoms with Crippen molar-refractivity contribution < 1.29 is 0 Å². The molecule has 3 heteroatoms. The standard InChI is InChI=1S/C6H18Si3/c1-8(2,3)7-9(4,5)6/h1-6H3. The van der Waals surface area contributed by atoms with Gasteiger partial charge in [0.2, 0.25) is 0 Å². The molecule has 9 heavy (non-hydrogen) atoms. The van der Waals surface area contributed by atoms with E-state index in [4.69, 9.17) is 0 Å². The van der Waals surface area contributed by atoms with Crippen LogP contribution in [0.4, 0.5) is 0 Å². The molecule has 2 radical (unpaired) electrons. The lowest BCUT2D eigenvalue weighted by Gasteiger charge is -2.24. The highest BCUT2D eigenvalue weighted by Gasteiger charge is 2.24. The molecule has 0 unspecified atom stereocenters. The van der Waals surface area contributed by atoms with E-state index < -0.39 is 15.2 Å². The summed E-state index contributed by atoms with van der Waals surface area (Å²) in [7, 11) is -0.0775. The van der Waals surface area contributed by atoms with E-state index in [0.29, 0.717) is 0 Å². The van der Waals surface area contributed by atoms with E-state index in [1.54, 1.807) is 0 Å². The maximum Gasteiger partial charge on any atom is 0.0298 e. The highest BCUT2D eigenvalue weighted by atomic mass is 29.6. The van der Waals surface area contributed by atoms with E-state index in [9.17, 15) is 0 Å². The molecule has 0 aromatic heterocycles. The van der Waals surface area contributed by atoms with Crippen molar-refractivity contribution in [1.82, 2.24) is 0 Å². The Balaban J connectivity index is 3.75. The smallest absolute Gasteiger partial charge is 0.0298 e. The molecule has 0 aliphatic carbocycles. The number of rotatable bonds is 2. The van der Waals surface area contributed by atoms with Crippen molar-refractivity contribution in [3.05, 3.63) is 0 Å². The van der Waals surface area contributed by atoms with Crippen LogP contribution >= 0.6 is 0 Å². The molecule has 0 rings (SSSR count). The lowest BCUT2D eigenvalue weighted by molar-refractivity contribution is 1.82. The van der Waals surface area contributed by atoms with E-state index in [-0.39, 0.29) is 0 Å². The lowest BCUT2D eigenvalue weighted by atomic mass is 11.8. The predicted octanol–water partition coefficient (Wildman–Crippen LogP) is 2.36. The molecular formula is C6H18Si3. The summed E-state index contributed by atoms with van der Waals surface area (Å²) in [6.45, 7) is 14.9. The van der Waals surface area contributed by atoms with E-state index in [0.717, 1.165) is 0 Å². The SMILES string of the molecule is C[Si](C)(C)[Si][Si](C)(C)C. The molecule has 0 bridgehead atoms. The molecule has 0 fully saturated rings. The van der Waals surface area contributed by atoms with Gasteiger partial charge in [-0.05, 0) is 0 Å². The molecule has 0 spiro atoms. The fraction of sp³-hybridized carbons (Fsp3) is 1.00. The Kier molecular flexibility index (Phi) is 2.91. The summed E-state index contributed by atoms with van der Waals surface area (Å²) >= 11 is 0. The Bertz CT molecular complexity index is 73.5. The maximum atomic E-state index is 2.48. The summed E-state index contributed by atoms with van der Waals surface area (Å²) in [4.78, 5) is 0. The Morgan fingerprint density at radius 1 is 0.667 bits per heavy atom. The zero-order chi connectivity index (χ0) is 7.71. The van der Waals surface area contributed by atoms with Crippen LogP contribution in [0.2, 0.25) is 39.3 Å². The summed E-state index contributed by atoms with van der Waals surface area (Å²) in [5.41, 5.74) is 0. The van der Waals surface area contributed by atoms with E-state index in [2.05, 4.69) is 39.3 Å². The van der Waals surface area contributed by atoms with Crippen LogP contribution in [0.25, 0.3) is 0 Å². The van der Waals surface area contributed by atoms with Crippen molar-refractivity contribution in [3.8, 4) is 0 Å². The normalized spacial score (nSPS) is 14.0. The Morgan fingerprint density at radius 3 is 0.889 bits per heavy atom. The van der Waals surface area contributed by atoms with Crippen LogP contribution < -0.4 is 0 Å². The van der Waals surface area contributed by atoms with Gasteiger partial charge in [-0.25, -0.2) is 0 Å². The molecule has 0 aliphatic heterocycles. The van der Waals surface area contributed by atoms with Crippen molar-refractivity contribution in [2.75, 3.05) is 0 Å². The molecule has 0 amide bonds. The van der Waals surface area contributed by atoms with E-state index >= 15 is 0 Å². The molecule has 0 heterocycles. The van der Waals surface area contributed by atoms with Gasteiger partial charge in [-0.3, -0.25) is 0 Å². The van der Waals surface area contributed by atoms with Gasteiger partial charge in [-0.2, -0.15) is 0 Å². The van der Waals surface area contributed by atoms with Crippen LogP contribution in [0.15, 0.2) is 0 Å². The average Bonchev–Trinajstić information content (AvgIpc) is 1.14. The van der Waals surface area contributed by atoms with Crippen molar-refractivity contribution in [2.24, 2.45) is 0 Å². The molecule has 0 atom stereocenters. The fourth-order valence-electron chi connectivity index (χ4n) is 1.12. The van der Waals surface area contributed by atoms with Gasteiger partial charge in [0.05, 0.1) is 0 Å². The molecule has 54 valence electrons. The molecule has 0 aromatic carbocycles. The second-order valence-corrected chi connectivity index (χ2v) is 25.9. The monoisotopic (exact) mass is 174 g/mol. The lowest BCUT2D eigenvalue weighted by Crippen LogP contribution is -2.46. The molecular weight excluding hydrogens is 156 g/mol. The van der Waals surface area contributed by atoms with Crippen molar-refractivity contribution in [2.45, 2.75) is 39.3 Å². The minimum atomic E-state index is -0.703. The summed E-state index contributed by atoms with van der Waals surface area (Å²) in [6, 6.07) is 0. The van der Waals surface area contributed by atoms with Gasteiger partial charge in [-0.1, -0.05) is 39.3 Å². The van der Waals surface area contributed by atoms with Crippen LogP contribution in [0.3, 0.4) is 0 Å². The van der Waals surface area contributed by atoms with Crippen LogP contribution in [-0.2, 0) is 0 Å². The summed E-state index contributed by atoms with van der Waals surface area (Å²) in [5.74, 6) is 0. The third-order valence-corrected chi connectivity index (χ3v) is 20.2. The second kappa shape index (κ2) is 2.72. The molecule has 0 saturated heterocycles. The Labute approximate surface area is 63.5 Å². The van der Waals surface area contributed by atoms with Crippen molar-refractivity contribution in [3.63, 3.8) is 0 Å². The van der Waals surface area contributed by atoms with Gasteiger partial charge >= 0.3 is 0 Å². The molecule has 0 saturated carbocycles. The Hall–Kier alpha value is 0.651. The fourth-order valence-corrected chi connectivity index (χ4v) is 30.4. The highest BCUT2D eigenvalue weighted by molar-refractivity contribution is 7.52. The van der Waals surface area contributed by atoms with E-state index in [1.807, 2.05) is 0 Å². The van der Waals surface area contributed by atoms with Crippen molar-refractivity contribution >= 4 is 23.7 Å². The third kappa shape index (κ3) is 8.65. The zero-order valence-electron chi connectivity index (χ0n) is 7.50. The summed E-state index contributed by atoms with van der Waals surface area (Å²) < 4.78 is 0. The first-order valence-electron chi connectivity index (χ1n) is 3.50. The van der Waals surface area contributed by atoms with Gasteiger partial charge in [0.1, 0.15) is 0 Å². The van der Waals surface area contributed by atoms with Crippen LogP contribution in [0, 0.1) is 0 Å². The molecule has 0 aliphatic rings. The topological polar surface area (TPSA) is 0 Å². The minimum Gasteiger partial charge on any atom is -0.0721 e. The molecule has 0 aromatic rings. The van der Waals surface area contributed by atoms with Gasteiger partial charge in [0.15, 0.2) is 0 Å². The highest BCUT2D eigenvalue weighted by Crippen LogP contribution is 2.07. The maximum absolute atomic E-state index is 2.48. The summed E-state index contributed by atoms with van der Waals surface area (Å²) in [5, 5.41) is 0. The van der Waals surface area contributed by atoms with Crippen LogP contribution in [0.1, 0.15) is 0 Å². The third-order valence-electron chi connectivity index (χ3n) is 0.750. The van der Waals surface area contributed by atoms with E-state index in [1.165, 1.54) is 8.55 Å². The quantitative estimate of drug-likeness (QED) is 0.564. The van der Waals surface area contributed by atoms with Crippen LogP contribution in [-0.4, -0.2) is 23.7 Å². The number of hydrogen-bond acceptors (Lipinski definition) is 0. The largest absolute Gasteiger partial charge is 0.0721 e. The first kappa shape index (κ1) is 9.65. The Morgan fingerprint density at radius 2 is 0.889 bits per heavy atom. The minimum absolute atomic E-state index is 0.703. The predicted molar refractivity (Wildman–Crippen MR) is 52.4 cm³/mol. The zero-order valence-corrected chi connectivity index (χ0v) is 10.5. The van der Waals surface area contributed by atoms with Crippen LogP contribution in [0.5, 0.6) is 0 Å².